The zero-order valence-electron chi connectivity index (χ0n) is 35.1. The Morgan fingerprint density at radius 2 is 0.788 bits per heavy atom. The van der Waals surface area contributed by atoms with E-state index in [0.29, 0.717) is 25.9 Å². The van der Waals surface area contributed by atoms with Crippen LogP contribution in [0.2, 0.25) is 0 Å². The molecule has 0 radical (unpaired) electrons. The lowest BCUT2D eigenvalue weighted by atomic mass is 10.0. The van der Waals surface area contributed by atoms with Gasteiger partial charge in [-0.05, 0) is 25.7 Å². The lowest BCUT2D eigenvalue weighted by Gasteiger charge is -2.22. The summed E-state index contributed by atoms with van der Waals surface area (Å²) in [6, 6.07) is -0.558. The fraction of sp³-hybridized carbons (Fsp3) is 0.957. The lowest BCUT2D eigenvalue weighted by molar-refractivity contribution is -0.143. The summed E-state index contributed by atoms with van der Waals surface area (Å²) < 4.78 is 5.43. The highest BCUT2D eigenvalue weighted by Crippen LogP contribution is 2.16. The molecule has 0 spiro atoms. The van der Waals surface area contributed by atoms with Crippen LogP contribution in [-0.4, -0.2) is 47.4 Å². The van der Waals surface area contributed by atoms with E-state index in [-0.39, 0.29) is 18.5 Å². The molecular weight excluding hydrogens is 647 g/mol. The van der Waals surface area contributed by atoms with E-state index in [4.69, 9.17) is 4.74 Å². The Morgan fingerprint density at radius 1 is 0.462 bits per heavy atom. The first-order chi connectivity index (χ1) is 25.5. The molecule has 2 unspecified atom stereocenters. The summed E-state index contributed by atoms with van der Waals surface area (Å²) in [6.45, 7) is 4.89. The van der Waals surface area contributed by atoms with Crippen molar-refractivity contribution in [1.82, 2.24) is 5.32 Å². The van der Waals surface area contributed by atoms with E-state index in [2.05, 4.69) is 19.2 Å². The number of unbranched alkanes of at least 4 members (excludes halogenated alkanes) is 32. The number of rotatable bonds is 43. The van der Waals surface area contributed by atoms with Gasteiger partial charge < -0.3 is 20.3 Å². The third-order valence-electron chi connectivity index (χ3n) is 10.9. The van der Waals surface area contributed by atoms with E-state index in [9.17, 15) is 19.8 Å². The molecule has 0 saturated carbocycles. The van der Waals surface area contributed by atoms with Crippen molar-refractivity contribution in [3.05, 3.63) is 0 Å². The minimum Gasteiger partial charge on any atom is -0.466 e. The fourth-order valence-corrected chi connectivity index (χ4v) is 7.29. The summed E-state index contributed by atoms with van der Waals surface area (Å²) in [5, 5.41) is 23.1. The van der Waals surface area contributed by atoms with Gasteiger partial charge in [0.1, 0.15) is 0 Å². The van der Waals surface area contributed by atoms with E-state index in [1.807, 2.05) is 0 Å². The summed E-state index contributed by atoms with van der Waals surface area (Å²) in [7, 11) is 0. The van der Waals surface area contributed by atoms with Crippen molar-refractivity contribution in [2.24, 2.45) is 0 Å². The Balaban J connectivity index is 3.49. The highest BCUT2D eigenvalue weighted by atomic mass is 16.5. The van der Waals surface area contributed by atoms with Gasteiger partial charge in [0.05, 0.1) is 25.4 Å². The van der Waals surface area contributed by atoms with Crippen LogP contribution in [0.1, 0.15) is 258 Å². The Kier molecular flexibility index (Phi) is 41.7. The maximum absolute atomic E-state index is 12.4. The summed E-state index contributed by atoms with van der Waals surface area (Å²) >= 11 is 0. The first-order valence-electron chi connectivity index (χ1n) is 23.3. The van der Waals surface area contributed by atoms with Gasteiger partial charge in [-0.3, -0.25) is 9.59 Å². The van der Waals surface area contributed by atoms with Crippen LogP contribution >= 0.6 is 0 Å². The molecule has 0 aromatic heterocycles. The van der Waals surface area contributed by atoms with Crippen LogP contribution in [0.15, 0.2) is 0 Å². The number of aliphatic hydroxyl groups is 2. The third kappa shape index (κ3) is 38.6. The first kappa shape index (κ1) is 50.9. The van der Waals surface area contributed by atoms with Crippen molar-refractivity contribution in [3.63, 3.8) is 0 Å². The van der Waals surface area contributed by atoms with Gasteiger partial charge >= 0.3 is 5.97 Å². The number of esters is 1. The highest BCUT2D eigenvalue weighted by molar-refractivity contribution is 5.76. The Hall–Kier alpha value is -1.14. The average Bonchev–Trinajstić information content (AvgIpc) is 3.14. The minimum absolute atomic E-state index is 0.0240. The molecule has 0 aliphatic carbocycles. The van der Waals surface area contributed by atoms with E-state index in [1.165, 1.54) is 167 Å². The van der Waals surface area contributed by atoms with Crippen LogP contribution in [0.4, 0.5) is 0 Å². The molecule has 6 heteroatoms. The van der Waals surface area contributed by atoms with E-state index < -0.39 is 12.1 Å². The summed E-state index contributed by atoms with van der Waals surface area (Å²) in [5.74, 6) is -0.0853. The van der Waals surface area contributed by atoms with Crippen molar-refractivity contribution >= 4 is 11.9 Å². The molecule has 52 heavy (non-hydrogen) atoms. The Labute approximate surface area is 324 Å². The monoisotopic (exact) mass is 738 g/mol. The van der Waals surface area contributed by atoms with Crippen molar-refractivity contribution in [2.45, 2.75) is 270 Å². The number of ether oxygens (including phenoxy) is 1. The smallest absolute Gasteiger partial charge is 0.305 e. The van der Waals surface area contributed by atoms with Crippen LogP contribution in [-0.2, 0) is 14.3 Å². The molecule has 0 rings (SSSR count). The summed E-state index contributed by atoms with van der Waals surface area (Å²) in [4.78, 5) is 24.4. The Morgan fingerprint density at radius 3 is 1.17 bits per heavy atom. The average molecular weight is 738 g/mol. The zero-order valence-corrected chi connectivity index (χ0v) is 35.1. The quantitative estimate of drug-likeness (QED) is 0.0428. The molecular formula is C46H91NO5. The second-order valence-corrected chi connectivity index (χ2v) is 16.1. The van der Waals surface area contributed by atoms with E-state index in [0.717, 1.165) is 57.8 Å². The summed E-state index contributed by atoms with van der Waals surface area (Å²) in [6.07, 6.45) is 44.8. The SMILES string of the molecule is CCCCCCCCCCCCCCCCC(O)C(CO)NC(=O)CCCCCCCCCCCOC(=O)CCCCCCCCCCCCCC. The highest BCUT2D eigenvalue weighted by Gasteiger charge is 2.20. The number of aliphatic hydroxyl groups excluding tert-OH is 2. The maximum atomic E-state index is 12.4. The topological polar surface area (TPSA) is 95.9 Å². The van der Waals surface area contributed by atoms with Gasteiger partial charge in [0, 0.05) is 12.8 Å². The molecule has 0 aliphatic rings. The van der Waals surface area contributed by atoms with E-state index >= 15 is 0 Å². The third-order valence-corrected chi connectivity index (χ3v) is 10.9. The molecule has 6 nitrogen and oxygen atoms in total. The molecule has 0 bridgehead atoms. The van der Waals surface area contributed by atoms with Crippen LogP contribution in [0.25, 0.3) is 0 Å². The number of nitrogens with one attached hydrogen (secondary N) is 1. The van der Waals surface area contributed by atoms with Crippen LogP contribution in [0.5, 0.6) is 0 Å². The summed E-state index contributed by atoms with van der Waals surface area (Å²) in [5.41, 5.74) is 0. The second kappa shape index (κ2) is 42.6. The largest absolute Gasteiger partial charge is 0.466 e. The molecule has 0 saturated heterocycles. The first-order valence-corrected chi connectivity index (χ1v) is 23.3. The number of amides is 1. The maximum Gasteiger partial charge on any atom is 0.305 e. The van der Waals surface area contributed by atoms with Crippen LogP contribution in [0, 0.1) is 0 Å². The van der Waals surface area contributed by atoms with Crippen molar-refractivity contribution in [2.75, 3.05) is 13.2 Å². The van der Waals surface area contributed by atoms with Crippen molar-refractivity contribution in [1.29, 1.82) is 0 Å². The molecule has 0 fully saturated rings. The number of hydrogen-bond acceptors (Lipinski definition) is 5. The predicted octanol–water partition coefficient (Wildman–Crippen LogP) is 13.2. The second-order valence-electron chi connectivity index (χ2n) is 16.1. The van der Waals surface area contributed by atoms with E-state index in [1.54, 1.807) is 0 Å². The molecule has 3 N–H and O–H groups in total. The number of carbonyl (C=O) groups is 2. The predicted molar refractivity (Wildman–Crippen MR) is 223 cm³/mol. The van der Waals surface area contributed by atoms with Crippen molar-refractivity contribution in [3.8, 4) is 0 Å². The van der Waals surface area contributed by atoms with Gasteiger partial charge in [-0.15, -0.1) is 0 Å². The molecule has 0 aromatic carbocycles. The van der Waals surface area contributed by atoms with Crippen LogP contribution < -0.4 is 5.32 Å². The molecule has 0 aromatic rings. The molecule has 310 valence electrons. The number of hydrogen-bond donors (Lipinski definition) is 3. The van der Waals surface area contributed by atoms with Gasteiger partial charge in [-0.25, -0.2) is 0 Å². The molecule has 0 aliphatic heterocycles. The zero-order chi connectivity index (χ0) is 38.0. The van der Waals surface area contributed by atoms with Gasteiger partial charge in [0.25, 0.3) is 0 Å². The van der Waals surface area contributed by atoms with Gasteiger partial charge in [-0.2, -0.15) is 0 Å². The normalized spacial score (nSPS) is 12.6. The standard InChI is InChI=1S/C46H91NO5/c1-3-5-7-9-11-13-15-17-18-19-22-26-30-34-38-44(49)43(42-48)47-45(50)39-35-31-27-23-21-25-29-33-37-41-52-46(51)40-36-32-28-24-20-16-14-12-10-8-6-4-2/h43-44,48-49H,3-42H2,1-2H3,(H,47,50). The molecule has 2 atom stereocenters. The molecule has 0 heterocycles. The fourth-order valence-electron chi connectivity index (χ4n) is 7.29. The van der Waals surface area contributed by atoms with Gasteiger partial charge in [0.2, 0.25) is 5.91 Å². The minimum atomic E-state index is -0.678. The lowest BCUT2D eigenvalue weighted by Crippen LogP contribution is -2.45. The molecule has 1 amide bonds. The van der Waals surface area contributed by atoms with Gasteiger partial charge in [0.15, 0.2) is 0 Å². The van der Waals surface area contributed by atoms with Gasteiger partial charge in [-0.1, -0.05) is 219 Å². The Bertz CT molecular complexity index is 732. The van der Waals surface area contributed by atoms with Crippen molar-refractivity contribution < 1.29 is 24.5 Å². The number of carbonyl (C=O) groups excluding carboxylic acids is 2. The van der Waals surface area contributed by atoms with Crippen LogP contribution in [0.3, 0.4) is 0 Å².